The number of nitrogens with one attached hydrogen (secondary N) is 3. The Kier molecular flexibility index (Phi) is 7.86. The second-order valence-electron chi connectivity index (χ2n) is 7.07. The third-order valence-corrected chi connectivity index (χ3v) is 4.93. The summed E-state index contributed by atoms with van der Waals surface area (Å²) in [7, 11) is 0. The third-order valence-electron chi connectivity index (χ3n) is 4.36. The van der Waals surface area contributed by atoms with Crippen LogP contribution < -0.4 is 16.0 Å². The molecule has 9 heteroatoms. The molecule has 0 aliphatic heterocycles. The van der Waals surface area contributed by atoms with Gasteiger partial charge in [-0.1, -0.05) is 29.8 Å². The summed E-state index contributed by atoms with van der Waals surface area (Å²) in [6.07, 6.45) is 0. The van der Waals surface area contributed by atoms with E-state index in [1.54, 1.807) is 24.3 Å². The molecule has 7 nitrogen and oxygen atoms in total. The number of benzene rings is 2. The normalized spacial score (nSPS) is 11.1. The Bertz CT molecular complexity index is 1140. The van der Waals surface area contributed by atoms with Crippen LogP contribution in [0.25, 0.3) is 0 Å². The van der Waals surface area contributed by atoms with Gasteiger partial charge in [-0.3, -0.25) is 10.1 Å². The number of guanidine groups is 1. The molecule has 3 rings (SSSR count). The average Bonchev–Trinajstić information content (AvgIpc) is 2.72. The van der Waals surface area contributed by atoms with E-state index in [0.717, 1.165) is 22.6 Å². The highest BCUT2D eigenvalue weighted by Crippen LogP contribution is 2.16. The van der Waals surface area contributed by atoms with Gasteiger partial charge in [0, 0.05) is 27.7 Å². The fraction of sp³-hybridized carbons (Fsp3) is 0.174. The van der Waals surface area contributed by atoms with Gasteiger partial charge in [0.1, 0.15) is 0 Å². The molecule has 1 heterocycles. The SMILES string of the molecule is CC(=O)c1ccc(NC(=S)NC(=NCc2ccccc2Cl)Nc2nc(C)cc(C)n2)cc1. The number of ketones is 1. The van der Waals surface area contributed by atoms with E-state index in [1.165, 1.54) is 6.92 Å². The second-order valence-corrected chi connectivity index (χ2v) is 7.88. The molecule has 0 radical (unpaired) electrons. The van der Waals surface area contributed by atoms with Crippen LogP contribution in [0.1, 0.15) is 34.2 Å². The van der Waals surface area contributed by atoms with Gasteiger partial charge in [0.05, 0.1) is 6.54 Å². The maximum absolute atomic E-state index is 11.5. The molecule has 0 atom stereocenters. The minimum atomic E-state index is 0.00360. The van der Waals surface area contributed by atoms with E-state index in [9.17, 15) is 4.79 Å². The van der Waals surface area contributed by atoms with E-state index >= 15 is 0 Å². The summed E-state index contributed by atoms with van der Waals surface area (Å²) in [5.74, 6) is 0.776. The number of Topliss-reactive ketones (excluding diaryl/α,β-unsaturated/α-hetero) is 1. The Labute approximate surface area is 197 Å². The molecule has 0 spiro atoms. The standard InChI is InChI=1S/C23H23ClN6OS/c1-14-12-15(2)27-22(26-14)29-21(25-13-18-6-4-5-7-20(18)24)30-23(32)28-19-10-8-17(9-11-19)16(3)31/h4-12H,13H2,1-3H3,(H3,25,26,27,28,29,30,32). The van der Waals surface area contributed by atoms with Gasteiger partial charge in [0.15, 0.2) is 10.9 Å². The first-order chi connectivity index (χ1) is 15.3. The Hall–Kier alpha value is -3.36. The van der Waals surface area contributed by atoms with Crippen LogP contribution in [0.3, 0.4) is 0 Å². The smallest absolute Gasteiger partial charge is 0.229 e. The van der Waals surface area contributed by atoms with Crippen molar-refractivity contribution in [3.8, 4) is 0 Å². The summed E-state index contributed by atoms with van der Waals surface area (Å²) in [5, 5.41) is 10.2. The van der Waals surface area contributed by atoms with Gasteiger partial charge in [0.2, 0.25) is 11.9 Å². The lowest BCUT2D eigenvalue weighted by Crippen LogP contribution is -2.39. The number of nitrogens with zero attached hydrogens (tertiary/aromatic N) is 3. The Morgan fingerprint density at radius 1 is 1.03 bits per heavy atom. The second kappa shape index (κ2) is 10.8. The molecule has 0 amide bonds. The number of carbonyl (C=O) groups excluding carboxylic acids is 1. The third kappa shape index (κ3) is 6.83. The lowest BCUT2D eigenvalue weighted by molar-refractivity contribution is 0.101. The van der Waals surface area contributed by atoms with Crippen molar-refractivity contribution < 1.29 is 4.79 Å². The molecule has 3 N–H and O–H groups in total. The van der Waals surface area contributed by atoms with Crippen molar-refractivity contribution in [2.45, 2.75) is 27.3 Å². The van der Waals surface area contributed by atoms with E-state index in [1.807, 2.05) is 44.2 Å². The highest BCUT2D eigenvalue weighted by atomic mass is 35.5. The molecule has 0 unspecified atom stereocenters. The number of halogens is 1. The summed E-state index contributed by atoms with van der Waals surface area (Å²) in [5.41, 5.74) is 3.90. The first-order valence-electron chi connectivity index (χ1n) is 9.86. The molecule has 0 fully saturated rings. The van der Waals surface area contributed by atoms with Gasteiger partial charge < -0.3 is 10.6 Å². The zero-order valence-corrected chi connectivity index (χ0v) is 19.5. The van der Waals surface area contributed by atoms with Crippen molar-refractivity contribution in [1.29, 1.82) is 0 Å². The molecule has 0 saturated heterocycles. The van der Waals surface area contributed by atoms with E-state index in [2.05, 4.69) is 30.9 Å². The first-order valence-corrected chi connectivity index (χ1v) is 10.6. The maximum atomic E-state index is 11.5. The van der Waals surface area contributed by atoms with Gasteiger partial charge in [-0.05, 0) is 75.0 Å². The summed E-state index contributed by atoms with van der Waals surface area (Å²) in [6, 6.07) is 16.4. The fourth-order valence-electron chi connectivity index (χ4n) is 2.85. The van der Waals surface area contributed by atoms with Gasteiger partial charge in [-0.2, -0.15) is 0 Å². The number of hydrogen-bond donors (Lipinski definition) is 3. The van der Waals surface area contributed by atoms with Crippen LogP contribution in [0.4, 0.5) is 11.6 Å². The van der Waals surface area contributed by atoms with Crippen LogP contribution in [-0.4, -0.2) is 26.8 Å². The Morgan fingerprint density at radius 2 is 1.69 bits per heavy atom. The highest BCUT2D eigenvalue weighted by Gasteiger charge is 2.08. The molecule has 2 aromatic carbocycles. The molecular weight excluding hydrogens is 444 g/mol. The lowest BCUT2D eigenvalue weighted by Gasteiger charge is -2.14. The predicted octanol–water partition coefficient (Wildman–Crippen LogP) is 4.90. The van der Waals surface area contributed by atoms with E-state index in [4.69, 9.17) is 23.8 Å². The van der Waals surface area contributed by atoms with Gasteiger partial charge in [0.25, 0.3) is 0 Å². The summed E-state index contributed by atoms with van der Waals surface area (Å²) < 4.78 is 0. The van der Waals surface area contributed by atoms with Crippen LogP contribution in [0.2, 0.25) is 5.02 Å². The number of thiocarbonyl (C=S) groups is 1. The molecule has 0 bridgehead atoms. The van der Waals surface area contributed by atoms with Crippen molar-refractivity contribution >= 4 is 52.3 Å². The lowest BCUT2D eigenvalue weighted by atomic mass is 10.1. The first kappa shape index (κ1) is 23.3. The molecule has 32 heavy (non-hydrogen) atoms. The number of anilines is 2. The number of hydrogen-bond acceptors (Lipinski definition) is 5. The van der Waals surface area contributed by atoms with Crippen LogP contribution in [0.15, 0.2) is 59.6 Å². The number of aromatic nitrogens is 2. The zero-order chi connectivity index (χ0) is 23.1. The fourth-order valence-corrected chi connectivity index (χ4v) is 3.26. The molecule has 164 valence electrons. The number of aryl methyl sites for hydroxylation is 2. The zero-order valence-electron chi connectivity index (χ0n) is 17.9. The topological polar surface area (TPSA) is 91.3 Å². The number of carbonyl (C=O) groups is 1. The number of rotatable bonds is 5. The Morgan fingerprint density at radius 3 is 2.31 bits per heavy atom. The quantitative estimate of drug-likeness (QED) is 0.213. The Balaban J connectivity index is 1.77. The molecular formula is C23H23ClN6OS. The molecule has 1 aromatic heterocycles. The monoisotopic (exact) mass is 466 g/mol. The largest absolute Gasteiger partial charge is 0.332 e. The summed E-state index contributed by atoms with van der Waals surface area (Å²) in [4.78, 5) is 24.8. The van der Waals surface area contributed by atoms with Gasteiger partial charge in [-0.15, -0.1) is 0 Å². The van der Waals surface area contributed by atoms with Crippen molar-refractivity contribution in [2.24, 2.45) is 4.99 Å². The van der Waals surface area contributed by atoms with E-state index < -0.39 is 0 Å². The summed E-state index contributed by atoms with van der Waals surface area (Å²) >= 11 is 11.7. The van der Waals surface area contributed by atoms with E-state index in [0.29, 0.717) is 34.2 Å². The minimum Gasteiger partial charge on any atom is -0.332 e. The van der Waals surface area contributed by atoms with Gasteiger partial charge >= 0.3 is 0 Å². The van der Waals surface area contributed by atoms with Crippen molar-refractivity contribution in [3.63, 3.8) is 0 Å². The molecule has 3 aromatic rings. The van der Waals surface area contributed by atoms with Crippen molar-refractivity contribution in [3.05, 3.63) is 82.1 Å². The molecule has 0 aliphatic rings. The van der Waals surface area contributed by atoms with Crippen LogP contribution in [0, 0.1) is 13.8 Å². The molecule has 0 aliphatic carbocycles. The molecule has 0 saturated carbocycles. The highest BCUT2D eigenvalue weighted by molar-refractivity contribution is 7.80. The predicted molar refractivity (Wildman–Crippen MR) is 134 cm³/mol. The van der Waals surface area contributed by atoms with Crippen LogP contribution in [-0.2, 0) is 6.54 Å². The average molecular weight is 467 g/mol. The van der Waals surface area contributed by atoms with Crippen LogP contribution >= 0.6 is 23.8 Å². The van der Waals surface area contributed by atoms with Crippen molar-refractivity contribution in [1.82, 2.24) is 15.3 Å². The van der Waals surface area contributed by atoms with Crippen LogP contribution in [0.5, 0.6) is 0 Å². The number of aliphatic imine (C=N–C) groups is 1. The van der Waals surface area contributed by atoms with Gasteiger partial charge in [-0.25, -0.2) is 15.0 Å². The maximum Gasteiger partial charge on any atom is 0.229 e. The minimum absolute atomic E-state index is 0.00360. The summed E-state index contributed by atoms with van der Waals surface area (Å²) in [6.45, 7) is 5.64. The van der Waals surface area contributed by atoms with Crippen molar-refractivity contribution in [2.75, 3.05) is 10.6 Å². The van der Waals surface area contributed by atoms with E-state index in [-0.39, 0.29) is 5.78 Å².